The highest BCUT2D eigenvalue weighted by molar-refractivity contribution is 7.87. The molecule has 110 valence electrons. The summed E-state index contributed by atoms with van der Waals surface area (Å²) < 4.78 is 29.3. The van der Waals surface area contributed by atoms with Crippen LogP contribution < -0.4 is 4.18 Å². The lowest BCUT2D eigenvalue weighted by atomic mass is 10.1. The molecule has 0 bridgehead atoms. The van der Waals surface area contributed by atoms with Crippen molar-refractivity contribution < 1.29 is 17.4 Å². The van der Waals surface area contributed by atoms with Crippen molar-refractivity contribution in [1.82, 2.24) is 0 Å². The fraction of sp³-hybridized carbons (Fsp3) is 0.188. The van der Waals surface area contributed by atoms with Crippen LogP contribution >= 0.6 is 0 Å². The summed E-state index contributed by atoms with van der Waals surface area (Å²) in [6.45, 7) is 3.65. The van der Waals surface area contributed by atoms with Crippen LogP contribution in [0.15, 0.2) is 53.4 Å². The highest BCUT2D eigenvalue weighted by atomic mass is 32.2. The topological polar surface area (TPSA) is 60.4 Å². The molecule has 0 saturated heterocycles. The van der Waals surface area contributed by atoms with Crippen molar-refractivity contribution in [3.05, 3.63) is 59.7 Å². The predicted octanol–water partition coefficient (Wildman–Crippen LogP) is 3.36. The van der Waals surface area contributed by atoms with Crippen molar-refractivity contribution in [2.75, 3.05) is 0 Å². The molecule has 0 saturated carbocycles. The van der Waals surface area contributed by atoms with Gasteiger partial charge in [-0.15, -0.1) is 0 Å². The smallest absolute Gasteiger partial charge is 0.339 e. The van der Waals surface area contributed by atoms with Crippen LogP contribution in [0.25, 0.3) is 0 Å². The van der Waals surface area contributed by atoms with E-state index < -0.39 is 10.1 Å². The van der Waals surface area contributed by atoms with Gasteiger partial charge in [0.25, 0.3) is 0 Å². The highest BCUT2D eigenvalue weighted by Gasteiger charge is 2.16. The van der Waals surface area contributed by atoms with Gasteiger partial charge in [0.15, 0.2) is 5.78 Å². The molecule has 0 aliphatic carbocycles. The molecule has 0 N–H and O–H groups in total. The maximum absolute atomic E-state index is 12.1. The summed E-state index contributed by atoms with van der Waals surface area (Å²) in [6, 6.07) is 12.5. The van der Waals surface area contributed by atoms with Crippen molar-refractivity contribution in [2.24, 2.45) is 0 Å². The molecule has 0 amide bonds. The zero-order valence-electron chi connectivity index (χ0n) is 11.9. The molecule has 0 aromatic heterocycles. The van der Waals surface area contributed by atoms with E-state index in [1.54, 1.807) is 31.2 Å². The van der Waals surface area contributed by atoms with E-state index in [1.807, 2.05) is 6.92 Å². The van der Waals surface area contributed by atoms with Crippen molar-refractivity contribution in [3.63, 3.8) is 0 Å². The van der Waals surface area contributed by atoms with Gasteiger partial charge in [0, 0.05) is 12.0 Å². The van der Waals surface area contributed by atoms with Crippen molar-refractivity contribution >= 4 is 15.9 Å². The van der Waals surface area contributed by atoms with Gasteiger partial charge in [-0.05, 0) is 43.3 Å². The van der Waals surface area contributed by atoms with Gasteiger partial charge in [-0.2, -0.15) is 8.42 Å². The Hall–Kier alpha value is -2.14. The summed E-state index contributed by atoms with van der Waals surface area (Å²) in [5.74, 6) is 0.186. The Kier molecular flexibility index (Phi) is 4.43. The van der Waals surface area contributed by atoms with E-state index in [4.69, 9.17) is 4.18 Å². The van der Waals surface area contributed by atoms with Crippen LogP contribution in [0.4, 0.5) is 0 Å². The van der Waals surface area contributed by atoms with Gasteiger partial charge in [-0.25, -0.2) is 0 Å². The monoisotopic (exact) mass is 304 g/mol. The molecule has 5 heteroatoms. The van der Waals surface area contributed by atoms with E-state index in [1.165, 1.54) is 24.3 Å². The molecule has 2 aromatic rings. The van der Waals surface area contributed by atoms with Crippen LogP contribution in [0.2, 0.25) is 0 Å². The minimum atomic E-state index is -3.85. The second kappa shape index (κ2) is 6.10. The lowest BCUT2D eigenvalue weighted by Gasteiger charge is -2.07. The summed E-state index contributed by atoms with van der Waals surface area (Å²) in [4.78, 5) is 11.6. The van der Waals surface area contributed by atoms with Gasteiger partial charge in [0.1, 0.15) is 10.6 Å². The van der Waals surface area contributed by atoms with Crippen LogP contribution in [-0.4, -0.2) is 14.2 Å². The highest BCUT2D eigenvalue weighted by Crippen LogP contribution is 2.20. The molecule has 0 atom stereocenters. The molecule has 0 radical (unpaired) electrons. The quantitative estimate of drug-likeness (QED) is 0.628. The molecule has 0 unspecified atom stereocenters. The SMILES string of the molecule is CCC(=O)c1ccc(OS(=O)(=O)c2ccc(C)cc2)cc1. The molecular formula is C16H16O4S. The Morgan fingerprint density at radius 1 is 1.00 bits per heavy atom. The average molecular weight is 304 g/mol. The largest absolute Gasteiger partial charge is 0.379 e. The Morgan fingerprint density at radius 2 is 1.57 bits per heavy atom. The molecule has 4 nitrogen and oxygen atoms in total. The molecule has 21 heavy (non-hydrogen) atoms. The van der Waals surface area contributed by atoms with Crippen LogP contribution in [-0.2, 0) is 10.1 Å². The van der Waals surface area contributed by atoms with Crippen LogP contribution in [0.1, 0.15) is 29.3 Å². The summed E-state index contributed by atoms with van der Waals surface area (Å²) in [6.07, 6.45) is 0.405. The van der Waals surface area contributed by atoms with Crippen LogP contribution in [0.3, 0.4) is 0 Å². The average Bonchev–Trinajstić information content (AvgIpc) is 2.47. The number of hydrogen-bond donors (Lipinski definition) is 0. The van der Waals surface area contributed by atoms with Gasteiger partial charge in [-0.3, -0.25) is 4.79 Å². The maximum Gasteiger partial charge on any atom is 0.339 e. The number of benzene rings is 2. The van der Waals surface area contributed by atoms with E-state index in [0.717, 1.165) is 5.56 Å². The fourth-order valence-electron chi connectivity index (χ4n) is 1.78. The van der Waals surface area contributed by atoms with Gasteiger partial charge in [0.2, 0.25) is 0 Å². The van der Waals surface area contributed by atoms with E-state index in [2.05, 4.69) is 0 Å². The Bertz CT molecular complexity index is 729. The number of ketones is 1. The molecule has 0 spiro atoms. The zero-order chi connectivity index (χ0) is 15.5. The van der Waals surface area contributed by atoms with E-state index in [9.17, 15) is 13.2 Å². The van der Waals surface area contributed by atoms with E-state index in [-0.39, 0.29) is 16.4 Å². The predicted molar refractivity (Wildman–Crippen MR) is 80.1 cm³/mol. The third-order valence-corrected chi connectivity index (χ3v) is 4.27. The first kappa shape index (κ1) is 15.3. The summed E-state index contributed by atoms with van der Waals surface area (Å²) in [5.41, 5.74) is 1.51. The second-order valence-corrected chi connectivity index (χ2v) is 6.20. The number of carbonyl (C=O) groups is 1. The molecule has 0 heterocycles. The van der Waals surface area contributed by atoms with Gasteiger partial charge in [0.05, 0.1) is 0 Å². The number of hydrogen-bond acceptors (Lipinski definition) is 4. The van der Waals surface area contributed by atoms with Gasteiger partial charge >= 0.3 is 10.1 Å². The third-order valence-electron chi connectivity index (χ3n) is 3.01. The minimum Gasteiger partial charge on any atom is -0.379 e. The number of carbonyl (C=O) groups excluding carboxylic acids is 1. The second-order valence-electron chi connectivity index (χ2n) is 4.65. The minimum absolute atomic E-state index is 0.00272. The Balaban J connectivity index is 2.20. The number of aryl methyl sites for hydroxylation is 1. The Labute approximate surface area is 124 Å². The van der Waals surface area contributed by atoms with Crippen molar-refractivity contribution in [2.45, 2.75) is 25.2 Å². The van der Waals surface area contributed by atoms with Crippen molar-refractivity contribution in [3.8, 4) is 5.75 Å². The fourth-order valence-corrected chi connectivity index (χ4v) is 2.71. The summed E-state index contributed by atoms with van der Waals surface area (Å²) >= 11 is 0. The first-order chi connectivity index (χ1) is 9.92. The number of rotatable bonds is 5. The van der Waals surface area contributed by atoms with E-state index in [0.29, 0.717) is 12.0 Å². The molecule has 0 aliphatic heterocycles. The van der Waals surface area contributed by atoms with E-state index >= 15 is 0 Å². The Morgan fingerprint density at radius 3 is 2.10 bits per heavy atom. The van der Waals surface area contributed by atoms with Crippen molar-refractivity contribution in [1.29, 1.82) is 0 Å². The maximum atomic E-state index is 12.1. The molecule has 0 aliphatic rings. The number of Topliss-reactive ketones (excluding diaryl/α,β-unsaturated/α-hetero) is 1. The van der Waals surface area contributed by atoms with Crippen LogP contribution in [0.5, 0.6) is 5.75 Å². The third kappa shape index (κ3) is 3.70. The first-order valence-electron chi connectivity index (χ1n) is 6.57. The summed E-state index contributed by atoms with van der Waals surface area (Å²) in [5, 5.41) is 0. The first-order valence-corrected chi connectivity index (χ1v) is 7.97. The molecular weight excluding hydrogens is 288 g/mol. The standard InChI is InChI=1S/C16H16O4S/c1-3-16(17)13-6-8-14(9-7-13)20-21(18,19)15-10-4-12(2)5-11-15/h4-11H,3H2,1-2H3. The molecule has 2 rings (SSSR count). The molecule has 2 aromatic carbocycles. The van der Waals surface area contributed by atoms with Crippen LogP contribution in [0, 0.1) is 6.92 Å². The van der Waals surface area contributed by atoms with Gasteiger partial charge in [-0.1, -0.05) is 24.6 Å². The molecule has 0 fully saturated rings. The zero-order valence-corrected chi connectivity index (χ0v) is 12.7. The summed E-state index contributed by atoms with van der Waals surface area (Å²) in [7, 11) is -3.85. The lowest BCUT2D eigenvalue weighted by Crippen LogP contribution is -2.09. The normalized spacial score (nSPS) is 11.1. The lowest BCUT2D eigenvalue weighted by molar-refractivity contribution is 0.0988. The van der Waals surface area contributed by atoms with Gasteiger partial charge < -0.3 is 4.18 Å².